The second-order valence-electron chi connectivity index (χ2n) is 7.42. The van der Waals surface area contributed by atoms with Gasteiger partial charge in [0.1, 0.15) is 0 Å². The molecule has 0 fully saturated rings. The third-order valence-electron chi connectivity index (χ3n) is 5.02. The average Bonchev–Trinajstić information content (AvgIpc) is 2.80. The number of hydrogen-bond donors (Lipinski definition) is 0. The molecule has 0 saturated carbocycles. The zero-order valence-corrected chi connectivity index (χ0v) is 19.5. The molecule has 0 atom stereocenters. The van der Waals surface area contributed by atoms with Crippen LogP contribution >= 0.6 is 19.7 Å². The normalized spacial score (nSPS) is 13.3. The van der Waals surface area contributed by atoms with Gasteiger partial charge in [-0.2, -0.15) is 39.5 Å². The largest absolute Gasteiger partial charge is 0.460 e. The molecule has 35 heavy (non-hydrogen) atoms. The molecule has 3 aromatic carbocycles. The van der Waals surface area contributed by atoms with E-state index in [1.807, 2.05) is 60.7 Å². The first-order chi connectivity index (χ1) is 16.3. The summed E-state index contributed by atoms with van der Waals surface area (Å²) in [6.07, 6.45) is -8.69. The molecule has 0 heterocycles. The van der Waals surface area contributed by atoms with Crippen molar-refractivity contribution in [2.45, 2.75) is 35.3 Å². The van der Waals surface area contributed by atoms with E-state index in [-0.39, 0.29) is 0 Å². The minimum absolute atomic E-state index is 0.438. The molecule has 0 aliphatic heterocycles. The summed E-state index contributed by atoms with van der Waals surface area (Å²) in [6, 6.07) is 25.1. The quantitative estimate of drug-likeness (QED) is 0.155. The van der Waals surface area contributed by atoms with Gasteiger partial charge in [0.15, 0.2) is 0 Å². The van der Waals surface area contributed by atoms with Crippen LogP contribution in [0, 0.1) is 0 Å². The summed E-state index contributed by atoms with van der Waals surface area (Å²) in [5.41, 5.74) is 0. The SMILES string of the molecule is FC(F)(F)C(F)(F)C(F)(F)C(F)(F)CCSc1ccccc1P(c1ccccc1)c1ccccc1. The van der Waals surface area contributed by atoms with Crippen molar-refractivity contribution < 1.29 is 39.5 Å². The highest BCUT2D eigenvalue weighted by molar-refractivity contribution is 8.00. The van der Waals surface area contributed by atoms with E-state index in [0.717, 1.165) is 10.6 Å². The fourth-order valence-corrected chi connectivity index (χ4v) is 6.96. The van der Waals surface area contributed by atoms with Crippen molar-refractivity contribution in [2.24, 2.45) is 0 Å². The molecule has 3 aromatic rings. The van der Waals surface area contributed by atoms with Gasteiger partial charge in [-0.1, -0.05) is 78.9 Å². The Bertz CT molecular complexity index is 1060. The molecule has 0 spiro atoms. The van der Waals surface area contributed by atoms with E-state index in [1.54, 1.807) is 24.3 Å². The standard InChI is InChI=1S/C24H18F9PS/c25-21(26,22(27,28)23(29,30)24(31,32)33)15-16-35-20-14-8-7-13-19(20)34(17-9-3-1-4-10-17)18-11-5-2-6-12-18/h1-14H,15-16H2. The van der Waals surface area contributed by atoms with Gasteiger partial charge >= 0.3 is 23.9 Å². The lowest BCUT2D eigenvalue weighted by molar-refractivity contribution is -0.396. The minimum atomic E-state index is -6.87. The van der Waals surface area contributed by atoms with E-state index < -0.39 is 44.0 Å². The predicted octanol–water partition coefficient (Wildman–Crippen LogP) is 7.40. The summed E-state index contributed by atoms with van der Waals surface area (Å²) in [5.74, 6) is -19.9. The van der Waals surface area contributed by atoms with Crippen LogP contribution in [0.2, 0.25) is 0 Å². The zero-order valence-electron chi connectivity index (χ0n) is 17.8. The van der Waals surface area contributed by atoms with Crippen molar-refractivity contribution in [3.05, 3.63) is 84.9 Å². The van der Waals surface area contributed by atoms with Crippen LogP contribution in [0.1, 0.15) is 6.42 Å². The molecule has 0 aliphatic rings. The second kappa shape index (κ2) is 10.4. The van der Waals surface area contributed by atoms with Gasteiger partial charge < -0.3 is 0 Å². The van der Waals surface area contributed by atoms with Crippen LogP contribution in [0.3, 0.4) is 0 Å². The Morgan fingerprint density at radius 3 is 1.51 bits per heavy atom. The molecule has 0 amide bonds. The molecule has 0 aliphatic carbocycles. The van der Waals surface area contributed by atoms with Crippen molar-refractivity contribution in [3.8, 4) is 0 Å². The number of alkyl halides is 9. The lowest BCUT2D eigenvalue weighted by Gasteiger charge is -2.33. The Labute approximate surface area is 201 Å². The van der Waals surface area contributed by atoms with Crippen LogP contribution in [0.5, 0.6) is 0 Å². The van der Waals surface area contributed by atoms with E-state index in [9.17, 15) is 39.5 Å². The van der Waals surface area contributed by atoms with E-state index >= 15 is 0 Å². The molecular formula is C24H18F9PS. The summed E-state index contributed by atoms with van der Waals surface area (Å²) < 4.78 is 119. The van der Waals surface area contributed by atoms with Crippen LogP contribution in [0.4, 0.5) is 39.5 Å². The highest BCUT2D eigenvalue weighted by Gasteiger charge is 2.81. The van der Waals surface area contributed by atoms with E-state index in [1.165, 1.54) is 0 Å². The van der Waals surface area contributed by atoms with Gasteiger partial charge in [0.2, 0.25) is 0 Å². The molecule has 0 radical (unpaired) electrons. The van der Waals surface area contributed by atoms with Gasteiger partial charge in [-0.25, -0.2) is 0 Å². The Kier molecular flexibility index (Phi) is 8.16. The number of rotatable bonds is 9. The van der Waals surface area contributed by atoms with Crippen LogP contribution in [0.15, 0.2) is 89.8 Å². The first-order valence-corrected chi connectivity index (χ1v) is 12.4. The third-order valence-corrected chi connectivity index (χ3v) is 8.75. The van der Waals surface area contributed by atoms with Gasteiger partial charge in [-0.15, -0.1) is 11.8 Å². The zero-order chi connectivity index (χ0) is 25.9. The summed E-state index contributed by atoms with van der Waals surface area (Å²) in [5, 5.41) is 2.55. The number of benzene rings is 3. The van der Waals surface area contributed by atoms with Gasteiger partial charge in [-0.05, 0) is 29.9 Å². The summed E-state index contributed by atoms with van der Waals surface area (Å²) in [6.45, 7) is 0. The summed E-state index contributed by atoms with van der Waals surface area (Å²) >= 11 is 0.703. The van der Waals surface area contributed by atoms with Crippen LogP contribution < -0.4 is 15.9 Å². The molecule has 188 valence electrons. The fourth-order valence-electron chi connectivity index (χ4n) is 3.20. The summed E-state index contributed by atoms with van der Waals surface area (Å²) in [4.78, 5) is 0.438. The van der Waals surface area contributed by atoms with Gasteiger partial charge in [0, 0.05) is 17.1 Å². The Balaban J connectivity index is 1.87. The maximum Gasteiger partial charge on any atom is 0.460 e. The Morgan fingerprint density at radius 1 is 0.571 bits per heavy atom. The topological polar surface area (TPSA) is 0 Å². The minimum Gasteiger partial charge on any atom is -0.200 e. The summed E-state index contributed by atoms with van der Waals surface area (Å²) in [7, 11) is -1.19. The molecule has 0 bridgehead atoms. The highest BCUT2D eigenvalue weighted by Crippen LogP contribution is 2.54. The molecule has 3 rings (SSSR count). The van der Waals surface area contributed by atoms with Crippen LogP contribution in [-0.2, 0) is 0 Å². The van der Waals surface area contributed by atoms with Crippen molar-refractivity contribution >= 4 is 35.6 Å². The molecule has 0 N–H and O–H groups in total. The van der Waals surface area contributed by atoms with E-state index in [2.05, 4.69) is 0 Å². The fraction of sp³-hybridized carbons (Fsp3) is 0.250. The molecular weight excluding hydrogens is 522 g/mol. The molecule has 11 heteroatoms. The van der Waals surface area contributed by atoms with Crippen molar-refractivity contribution in [2.75, 3.05) is 5.75 Å². The third kappa shape index (κ3) is 5.64. The van der Waals surface area contributed by atoms with Gasteiger partial charge in [0.05, 0.1) is 0 Å². The Morgan fingerprint density at radius 2 is 1.03 bits per heavy atom. The van der Waals surface area contributed by atoms with Crippen LogP contribution in [-0.4, -0.2) is 29.7 Å². The maximum absolute atomic E-state index is 14.0. The van der Waals surface area contributed by atoms with Crippen molar-refractivity contribution in [1.29, 1.82) is 0 Å². The maximum atomic E-state index is 14.0. The molecule has 0 unspecified atom stereocenters. The number of thioether (sulfide) groups is 1. The molecule has 0 saturated heterocycles. The Hall–Kier alpha value is -2.19. The smallest absolute Gasteiger partial charge is 0.200 e. The van der Waals surface area contributed by atoms with Crippen molar-refractivity contribution in [1.82, 2.24) is 0 Å². The van der Waals surface area contributed by atoms with Gasteiger partial charge in [-0.3, -0.25) is 0 Å². The molecule has 0 nitrogen and oxygen atoms in total. The lowest BCUT2D eigenvalue weighted by atomic mass is 10.0. The van der Waals surface area contributed by atoms with E-state index in [0.29, 0.717) is 22.0 Å². The first kappa shape index (κ1) is 27.4. The van der Waals surface area contributed by atoms with Gasteiger partial charge in [0.25, 0.3) is 0 Å². The van der Waals surface area contributed by atoms with E-state index in [4.69, 9.17) is 0 Å². The average molecular weight is 540 g/mol. The first-order valence-electron chi connectivity index (χ1n) is 10.1. The van der Waals surface area contributed by atoms with Crippen LogP contribution in [0.25, 0.3) is 0 Å². The second-order valence-corrected chi connectivity index (χ2v) is 10.7. The lowest BCUT2D eigenvalue weighted by Crippen LogP contribution is -2.60. The highest BCUT2D eigenvalue weighted by atomic mass is 32.2. The van der Waals surface area contributed by atoms with Crippen molar-refractivity contribution in [3.63, 3.8) is 0 Å². The molecule has 0 aromatic heterocycles. The predicted molar refractivity (Wildman–Crippen MR) is 121 cm³/mol. The number of hydrogen-bond acceptors (Lipinski definition) is 1. The number of halogens is 9. The monoisotopic (exact) mass is 540 g/mol.